The summed E-state index contributed by atoms with van der Waals surface area (Å²) in [7, 11) is 1.55. The Morgan fingerprint density at radius 1 is 1.33 bits per heavy atom. The summed E-state index contributed by atoms with van der Waals surface area (Å²) in [5.74, 6) is 0.433. The largest absolute Gasteiger partial charge is 0.494 e. The number of hydrogen-bond acceptors (Lipinski definition) is 4. The van der Waals surface area contributed by atoms with Gasteiger partial charge < -0.3 is 15.0 Å². The van der Waals surface area contributed by atoms with Crippen molar-refractivity contribution < 1.29 is 9.53 Å². The molecule has 0 atom stereocenters. The van der Waals surface area contributed by atoms with Gasteiger partial charge in [-0.05, 0) is 17.7 Å². The number of hydrogen-bond donors (Lipinski definition) is 1. The summed E-state index contributed by atoms with van der Waals surface area (Å²) < 4.78 is 5.25. The molecule has 0 aliphatic carbocycles. The zero-order valence-electron chi connectivity index (χ0n) is 11.9. The number of ether oxygens (including phenoxy) is 1. The van der Waals surface area contributed by atoms with E-state index in [0.29, 0.717) is 17.9 Å². The molecule has 5 nitrogen and oxygen atoms in total. The van der Waals surface area contributed by atoms with E-state index in [0.717, 1.165) is 24.3 Å². The van der Waals surface area contributed by atoms with Crippen LogP contribution in [0.25, 0.3) is 0 Å². The molecule has 0 spiro atoms. The maximum Gasteiger partial charge on any atom is 0.262 e. The van der Waals surface area contributed by atoms with Crippen molar-refractivity contribution in [1.29, 1.82) is 0 Å². The third-order valence-electron chi connectivity index (χ3n) is 3.59. The first-order chi connectivity index (χ1) is 10.3. The zero-order chi connectivity index (χ0) is 14.7. The first-order valence-corrected chi connectivity index (χ1v) is 6.90. The van der Waals surface area contributed by atoms with E-state index in [4.69, 9.17) is 4.74 Å². The van der Waals surface area contributed by atoms with Gasteiger partial charge in [0.25, 0.3) is 5.91 Å². The first-order valence-electron chi connectivity index (χ1n) is 6.90. The van der Waals surface area contributed by atoms with Crippen LogP contribution in [0.1, 0.15) is 15.9 Å². The van der Waals surface area contributed by atoms with Crippen LogP contribution in [0.3, 0.4) is 0 Å². The number of pyridine rings is 1. The van der Waals surface area contributed by atoms with Crippen molar-refractivity contribution in [3.05, 3.63) is 53.9 Å². The van der Waals surface area contributed by atoms with Crippen molar-refractivity contribution >= 4 is 11.6 Å². The average molecular weight is 283 g/mol. The maximum absolute atomic E-state index is 12.9. The van der Waals surface area contributed by atoms with Crippen molar-refractivity contribution in [2.24, 2.45) is 0 Å². The molecule has 0 fully saturated rings. The number of methoxy groups -OCH3 is 1. The molecule has 1 amide bonds. The average Bonchev–Trinajstić information content (AvgIpc) is 2.76. The number of rotatable bonds is 2. The van der Waals surface area contributed by atoms with E-state index in [1.165, 1.54) is 0 Å². The summed E-state index contributed by atoms with van der Waals surface area (Å²) in [6.07, 6.45) is 3.17. The molecule has 1 aliphatic rings. The topological polar surface area (TPSA) is 54.5 Å². The molecule has 5 heteroatoms. The summed E-state index contributed by atoms with van der Waals surface area (Å²) >= 11 is 0. The smallest absolute Gasteiger partial charge is 0.262 e. The van der Waals surface area contributed by atoms with Crippen LogP contribution in [0.2, 0.25) is 0 Å². The molecule has 3 rings (SSSR count). The normalized spacial score (nSPS) is 14.2. The van der Waals surface area contributed by atoms with Gasteiger partial charge in [-0.15, -0.1) is 0 Å². The van der Waals surface area contributed by atoms with Gasteiger partial charge in [-0.2, -0.15) is 0 Å². The number of nitrogens with zero attached hydrogens (tertiary/aromatic N) is 2. The van der Waals surface area contributed by atoms with Crippen LogP contribution in [0.5, 0.6) is 5.75 Å². The van der Waals surface area contributed by atoms with Crippen LogP contribution in [0, 0.1) is 0 Å². The van der Waals surface area contributed by atoms with Crippen molar-refractivity contribution in [2.75, 3.05) is 25.1 Å². The van der Waals surface area contributed by atoms with E-state index < -0.39 is 0 Å². The fraction of sp³-hybridized carbons (Fsp3) is 0.250. The van der Waals surface area contributed by atoms with Crippen LogP contribution in [-0.4, -0.2) is 31.1 Å². The van der Waals surface area contributed by atoms with Gasteiger partial charge in [0.05, 0.1) is 18.9 Å². The molecule has 0 bridgehead atoms. The highest BCUT2D eigenvalue weighted by Gasteiger charge is 2.24. The van der Waals surface area contributed by atoms with Crippen molar-refractivity contribution in [3.8, 4) is 5.75 Å². The molecule has 0 radical (unpaired) electrons. The molecule has 1 aliphatic heterocycles. The third-order valence-corrected chi connectivity index (χ3v) is 3.59. The van der Waals surface area contributed by atoms with E-state index >= 15 is 0 Å². The molecular formula is C16H17N3O2. The number of aromatic nitrogens is 1. The number of carbonyl (C=O) groups excluding carboxylic acids is 1. The van der Waals surface area contributed by atoms with Gasteiger partial charge in [0.1, 0.15) is 5.75 Å². The predicted molar refractivity (Wildman–Crippen MR) is 80.6 cm³/mol. The van der Waals surface area contributed by atoms with E-state index in [1.54, 1.807) is 30.5 Å². The molecule has 1 N–H and O–H groups in total. The number of carbonyl (C=O) groups is 1. The molecular weight excluding hydrogens is 266 g/mol. The quantitative estimate of drug-likeness (QED) is 0.913. The van der Waals surface area contributed by atoms with Crippen molar-refractivity contribution in [3.63, 3.8) is 0 Å². The Hall–Kier alpha value is -2.40. The Labute approximate surface area is 123 Å². The highest BCUT2D eigenvalue weighted by atomic mass is 16.5. The SMILES string of the molecule is COc1cnccc1C(=O)N1CCNCc2ccccc21. The molecule has 0 unspecified atom stereocenters. The zero-order valence-corrected chi connectivity index (χ0v) is 11.9. The van der Waals surface area contributed by atoms with Crippen LogP contribution in [0.4, 0.5) is 5.69 Å². The highest BCUT2D eigenvalue weighted by Crippen LogP contribution is 2.26. The Morgan fingerprint density at radius 3 is 3.05 bits per heavy atom. The van der Waals surface area contributed by atoms with Crippen LogP contribution in [-0.2, 0) is 6.54 Å². The lowest BCUT2D eigenvalue weighted by atomic mass is 10.1. The molecule has 1 aromatic heterocycles. The lowest BCUT2D eigenvalue weighted by Gasteiger charge is -2.23. The second-order valence-electron chi connectivity index (χ2n) is 4.84. The minimum atomic E-state index is -0.0644. The number of anilines is 1. The fourth-order valence-electron chi connectivity index (χ4n) is 2.53. The fourth-order valence-corrected chi connectivity index (χ4v) is 2.53. The Bertz CT molecular complexity index is 657. The minimum absolute atomic E-state index is 0.0644. The molecule has 2 aromatic rings. The Kier molecular flexibility index (Phi) is 3.83. The number of amides is 1. The molecule has 0 saturated heterocycles. The van der Waals surface area contributed by atoms with Gasteiger partial charge >= 0.3 is 0 Å². The number of nitrogens with one attached hydrogen (secondary N) is 1. The summed E-state index contributed by atoms with van der Waals surface area (Å²) in [6, 6.07) is 9.66. The van der Waals surface area contributed by atoms with Gasteiger partial charge in [0.15, 0.2) is 0 Å². The molecule has 1 aromatic carbocycles. The summed E-state index contributed by atoms with van der Waals surface area (Å²) in [5, 5.41) is 3.33. The van der Waals surface area contributed by atoms with Gasteiger partial charge in [-0.25, -0.2) is 0 Å². The van der Waals surface area contributed by atoms with Gasteiger partial charge in [0, 0.05) is 31.5 Å². The summed E-state index contributed by atoms with van der Waals surface area (Å²) in [5.41, 5.74) is 2.60. The Balaban J connectivity index is 2.01. The lowest BCUT2D eigenvalue weighted by Crippen LogP contribution is -2.35. The maximum atomic E-state index is 12.9. The molecule has 108 valence electrons. The highest BCUT2D eigenvalue weighted by molar-refractivity contribution is 6.08. The van der Waals surface area contributed by atoms with Crippen LogP contribution in [0.15, 0.2) is 42.7 Å². The monoisotopic (exact) mass is 283 g/mol. The first kappa shape index (κ1) is 13.6. The van der Waals surface area contributed by atoms with Crippen molar-refractivity contribution in [2.45, 2.75) is 6.54 Å². The number of para-hydroxylation sites is 1. The molecule has 2 heterocycles. The molecule has 0 saturated carbocycles. The van der Waals surface area contributed by atoms with Gasteiger partial charge in [-0.1, -0.05) is 18.2 Å². The van der Waals surface area contributed by atoms with Crippen LogP contribution < -0.4 is 15.0 Å². The lowest BCUT2D eigenvalue weighted by molar-refractivity contribution is 0.0984. The summed E-state index contributed by atoms with van der Waals surface area (Å²) in [4.78, 5) is 18.7. The predicted octanol–water partition coefficient (Wildman–Crippen LogP) is 1.84. The standard InChI is InChI=1S/C16H17N3O2/c1-21-15-11-17-7-6-13(15)16(20)19-9-8-18-10-12-4-2-3-5-14(12)19/h2-7,11,18H,8-10H2,1H3. The third kappa shape index (κ3) is 2.60. The van der Waals surface area contributed by atoms with E-state index in [-0.39, 0.29) is 5.91 Å². The molecule has 21 heavy (non-hydrogen) atoms. The number of fused-ring (bicyclic) bond motifs is 1. The number of benzene rings is 1. The van der Waals surface area contributed by atoms with E-state index in [1.807, 2.05) is 24.3 Å². The van der Waals surface area contributed by atoms with E-state index in [9.17, 15) is 4.79 Å². The van der Waals surface area contributed by atoms with Crippen molar-refractivity contribution in [1.82, 2.24) is 10.3 Å². The van der Waals surface area contributed by atoms with Gasteiger partial charge in [-0.3, -0.25) is 9.78 Å². The van der Waals surface area contributed by atoms with Crippen LogP contribution >= 0.6 is 0 Å². The second-order valence-corrected chi connectivity index (χ2v) is 4.84. The second kappa shape index (κ2) is 5.93. The van der Waals surface area contributed by atoms with Gasteiger partial charge in [0.2, 0.25) is 0 Å². The summed E-state index contributed by atoms with van der Waals surface area (Å²) in [6.45, 7) is 2.16. The minimum Gasteiger partial charge on any atom is -0.494 e. The Morgan fingerprint density at radius 2 is 2.19 bits per heavy atom. The van der Waals surface area contributed by atoms with E-state index in [2.05, 4.69) is 10.3 Å².